The van der Waals surface area contributed by atoms with Crippen LogP contribution in [0.1, 0.15) is 30.9 Å². The van der Waals surface area contributed by atoms with E-state index in [0.717, 1.165) is 22.4 Å². The molecule has 1 aliphatic heterocycles. The van der Waals surface area contributed by atoms with Crippen molar-refractivity contribution in [2.24, 2.45) is 11.8 Å². The lowest BCUT2D eigenvalue weighted by atomic mass is 9.85. The van der Waals surface area contributed by atoms with Crippen LogP contribution in [0, 0.1) is 11.8 Å². The molecule has 2 aromatic carbocycles. The lowest BCUT2D eigenvalue weighted by Gasteiger charge is -2.25. The van der Waals surface area contributed by atoms with Crippen LogP contribution in [0.5, 0.6) is 0 Å². The highest BCUT2D eigenvalue weighted by Crippen LogP contribution is 2.36. The zero-order valence-corrected chi connectivity index (χ0v) is 19.1. The van der Waals surface area contributed by atoms with E-state index in [2.05, 4.69) is 5.32 Å². The lowest BCUT2D eigenvalue weighted by molar-refractivity contribution is -0.159. The molecule has 176 valence electrons. The molecule has 4 rings (SSSR count). The molecular weight excluding hydrogens is 432 g/mol. The maximum absolute atomic E-state index is 13.1. The van der Waals surface area contributed by atoms with Crippen molar-refractivity contribution in [2.75, 3.05) is 11.9 Å². The van der Waals surface area contributed by atoms with E-state index in [1.54, 1.807) is 6.07 Å². The minimum absolute atomic E-state index is 0.129. The number of aryl methyl sites for hydroxylation is 1. The number of benzene rings is 2. The summed E-state index contributed by atoms with van der Waals surface area (Å²) >= 11 is 0. The maximum Gasteiger partial charge on any atom is 0.330 e. The van der Waals surface area contributed by atoms with Crippen LogP contribution >= 0.6 is 0 Å². The zero-order chi connectivity index (χ0) is 24.1. The number of carbonyl (C=O) groups excluding carboxylic acids is 4. The summed E-state index contributed by atoms with van der Waals surface area (Å²) in [6.07, 6.45) is 5.64. The van der Waals surface area contributed by atoms with Crippen LogP contribution in [0.2, 0.25) is 0 Å². The average Bonchev–Trinajstić information content (AvgIpc) is 3.12. The van der Waals surface area contributed by atoms with Crippen LogP contribution < -0.4 is 5.32 Å². The molecule has 7 heteroatoms. The standard InChI is InChI=1S/C27H28N2O5/c1-2-19-12-6-9-15-22(19)28-24(30)17-34-27(33)23(16-18-10-4-3-5-11-18)29-25(31)20-13-7-8-14-21(20)26(29)32/h3-12,15,20-21,23H,2,13-14,16-17H2,1H3,(H,28,30)/t20-,21+,23-/m1/s1. The van der Waals surface area contributed by atoms with Gasteiger partial charge in [-0.1, -0.05) is 67.6 Å². The second-order valence-corrected chi connectivity index (χ2v) is 8.57. The van der Waals surface area contributed by atoms with Crippen molar-refractivity contribution < 1.29 is 23.9 Å². The average molecular weight is 461 g/mol. The van der Waals surface area contributed by atoms with Crippen molar-refractivity contribution in [1.29, 1.82) is 0 Å². The van der Waals surface area contributed by atoms with Crippen molar-refractivity contribution in [3.63, 3.8) is 0 Å². The van der Waals surface area contributed by atoms with Crippen molar-refractivity contribution in [3.05, 3.63) is 77.9 Å². The van der Waals surface area contributed by atoms with Gasteiger partial charge < -0.3 is 10.1 Å². The molecule has 0 radical (unpaired) electrons. The molecule has 3 atom stereocenters. The lowest BCUT2D eigenvalue weighted by Crippen LogP contribution is -2.48. The number of imide groups is 1. The first-order valence-electron chi connectivity index (χ1n) is 11.6. The van der Waals surface area contributed by atoms with E-state index in [1.807, 2.05) is 67.6 Å². The Balaban J connectivity index is 1.49. The van der Waals surface area contributed by atoms with Crippen molar-refractivity contribution in [3.8, 4) is 0 Å². The third-order valence-electron chi connectivity index (χ3n) is 6.42. The molecule has 1 heterocycles. The fourth-order valence-corrected chi connectivity index (χ4v) is 4.62. The molecule has 3 amide bonds. The Morgan fingerprint density at radius 2 is 1.59 bits per heavy atom. The molecule has 2 aromatic rings. The number of carbonyl (C=O) groups is 4. The number of nitrogens with zero attached hydrogens (tertiary/aromatic N) is 1. The van der Waals surface area contributed by atoms with Gasteiger partial charge in [-0.05, 0) is 36.5 Å². The summed E-state index contributed by atoms with van der Waals surface area (Å²) in [5, 5.41) is 2.76. The molecule has 2 aliphatic rings. The summed E-state index contributed by atoms with van der Waals surface area (Å²) in [4.78, 5) is 52.9. The number of hydrogen-bond donors (Lipinski definition) is 1. The Kier molecular flexibility index (Phi) is 7.21. The number of hydrogen-bond acceptors (Lipinski definition) is 5. The fourth-order valence-electron chi connectivity index (χ4n) is 4.62. The van der Waals surface area contributed by atoms with Gasteiger partial charge in [0.1, 0.15) is 6.04 Å². The molecule has 0 spiro atoms. The number of esters is 1. The van der Waals surface area contributed by atoms with Gasteiger partial charge in [0.25, 0.3) is 5.91 Å². The first kappa shape index (κ1) is 23.4. The molecule has 34 heavy (non-hydrogen) atoms. The Morgan fingerprint density at radius 3 is 2.24 bits per heavy atom. The van der Waals surface area contributed by atoms with Crippen molar-refractivity contribution in [1.82, 2.24) is 4.90 Å². The fraction of sp³-hybridized carbons (Fsp3) is 0.333. The van der Waals surface area contributed by atoms with Crippen LogP contribution in [-0.2, 0) is 36.8 Å². The van der Waals surface area contributed by atoms with Gasteiger partial charge in [-0.3, -0.25) is 19.3 Å². The summed E-state index contributed by atoms with van der Waals surface area (Å²) in [5.74, 6) is -2.84. The minimum Gasteiger partial charge on any atom is -0.454 e. The van der Waals surface area contributed by atoms with E-state index in [-0.39, 0.29) is 18.2 Å². The van der Waals surface area contributed by atoms with E-state index in [9.17, 15) is 19.2 Å². The van der Waals surface area contributed by atoms with Gasteiger partial charge in [0.15, 0.2) is 6.61 Å². The molecule has 0 aromatic heterocycles. The summed E-state index contributed by atoms with van der Waals surface area (Å²) < 4.78 is 5.33. The molecule has 0 saturated carbocycles. The van der Waals surface area contributed by atoms with E-state index < -0.39 is 36.4 Å². The monoisotopic (exact) mass is 460 g/mol. The number of nitrogens with one attached hydrogen (secondary N) is 1. The first-order valence-corrected chi connectivity index (χ1v) is 11.6. The molecule has 1 fully saturated rings. The van der Waals surface area contributed by atoms with E-state index in [0.29, 0.717) is 18.5 Å². The van der Waals surface area contributed by atoms with Crippen LogP contribution in [-0.4, -0.2) is 41.2 Å². The normalized spacial score (nSPS) is 20.1. The van der Waals surface area contributed by atoms with E-state index in [1.165, 1.54) is 0 Å². The molecule has 0 bridgehead atoms. The van der Waals surface area contributed by atoms with Crippen LogP contribution in [0.3, 0.4) is 0 Å². The van der Waals surface area contributed by atoms with Crippen molar-refractivity contribution in [2.45, 2.75) is 38.6 Å². The predicted molar refractivity (Wildman–Crippen MR) is 127 cm³/mol. The number of allylic oxidation sites excluding steroid dienone is 2. The molecular formula is C27H28N2O5. The summed E-state index contributed by atoms with van der Waals surface area (Å²) in [6, 6.07) is 15.4. The maximum atomic E-state index is 13.1. The Morgan fingerprint density at radius 1 is 0.971 bits per heavy atom. The first-order chi connectivity index (χ1) is 16.5. The number of anilines is 1. The van der Waals surface area contributed by atoms with E-state index in [4.69, 9.17) is 4.74 Å². The van der Waals surface area contributed by atoms with Crippen LogP contribution in [0.15, 0.2) is 66.7 Å². The second kappa shape index (κ2) is 10.5. The summed E-state index contributed by atoms with van der Waals surface area (Å²) in [5.41, 5.74) is 2.42. The van der Waals surface area contributed by atoms with Crippen LogP contribution in [0.4, 0.5) is 5.69 Å². The van der Waals surface area contributed by atoms with E-state index >= 15 is 0 Å². The summed E-state index contributed by atoms with van der Waals surface area (Å²) in [7, 11) is 0. The SMILES string of the molecule is CCc1ccccc1NC(=O)COC(=O)[C@@H](Cc1ccccc1)N1C(=O)[C@H]2CC=CC[C@H]2C1=O. The topological polar surface area (TPSA) is 92.8 Å². The Bertz CT molecular complexity index is 1090. The highest BCUT2D eigenvalue weighted by Gasteiger charge is 2.51. The van der Waals surface area contributed by atoms with Gasteiger partial charge in [0.05, 0.1) is 11.8 Å². The highest BCUT2D eigenvalue weighted by atomic mass is 16.5. The highest BCUT2D eigenvalue weighted by molar-refractivity contribution is 6.08. The number of para-hydroxylation sites is 1. The molecule has 1 N–H and O–H groups in total. The second-order valence-electron chi connectivity index (χ2n) is 8.57. The number of amides is 3. The van der Waals surface area contributed by atoms with Gasteiger partial charge in [-0.15, -0.1) is 0 Å². The molecule has 0 unspecified atom stereocenters. The van der Waals surface area contributed by atoms with Gasteiger partial charge in [0, 0.05) is 12.1 Å². The van der Waals surface area contributed by atoms with Gasteiger partial charge in [-0.25, -0.2) is 4.79 Å². The number of fused-ring (bicyclic) bond motifs is 1. The summed E-state index contributed by atoms with van der Waals surface area (Å²) in [6.45, 7) is 1.48. The Hall–Kier alpha value is -3.74. The number of ether oxygens (including phenoxy) is 1. The number of rotatable bonds is 8. The molecule has 1 aliphatic carbocycles. The quantitative estimate of drug-likeness (QED) is 0.371. The predicted octanol–water partition coefficient (Wildman–Crippen LogP) is 3.29. The Labute approximate surface area is 198 Å². The van der Waals surface area contributed by atoms with Gasteiger partial charge >= 0.3 is 5.97 Å². The van der Waals surface area contributed by atoms with Crippen molar-refractivity contribution >= 4 is 29.4 Å². The zero-order valence-electron chi connectivity index (χ0n) is 19.1. The van der Waals surface area contributed by atoms with Gasteiger partial charge in [-0.2, -0.15) is 0 Å². The smallest absolute Gasteiger partial charge is 0.330 e. The molecule has 7 nitrogen and oxygen atoms in total. The number of likely N-dealkylation sites (tertiary alicyclic amines) is 1. The van der Waals surface area contributed by atoms with Crippen LogP contribution in [0.25, 0.3) is 0 Å². The largest absolute Gasteiger partial charge is 0.454 e. The molecule has 1 saturated heterocycles. The minimum atomic E-state index is -1.12. The van der Waals surface area contributed by atoms with Gasteiger partial charge in [0.2, 0.25) is 11.8 Å². The third kappa shape index (κ3) is 4.93. The third-order valence-corrected chi connectivity index (χ3v) is 6.42.